The number of likely N-dealkylation sites (N-methyl/N-ethyl adjacent to an activating group) is 1. The molecular formula is C15H21NO3. The number of benzene rings is 1. The first-order valence-corrected chi connectivity index (χ1v) is 6.43. The van der Waals surface area contributed by atoms with Crippen LogP contribution in [0.25, 0.3) is 0 Å². The summed E-state index contributed by atoms with van der Waals surface area (Å²) in [6.07, 6.45) is 0. The molecule has 0 spiro atoms. The summed E-state index contributed by atoms with van der Waals surface area (Å²) in [6.45, 7) is 7.96. The van der Waals surface area contributed by atoms with Crippen LogP contribution in [0.4, 0.5) is 5.69 Å². The average Bonchev–Trinajstić information content (AvgIpc) is 2.37. The third-order valence-electron chi connectivity index (χ3n) is 3.02. The number of carbonyl (C=O) groups excluding carboxylic acids is 2. The van der Waals surface area contributed by atoms with E-state index < -0.39 is 11.9 Å². The van der Waals surface area contributed by atoms with E-state index in [-0.39, 0.29) is 6.61 Å². The van der Waals surface area contributed by atoms with E-state index in [1.807, 2.05) is 25.1 Å². The molecule has 0 unspecified atom stereocenters. The normalized spacial score (nSPS) is 10.4. The Labute approximate surface area is 114 Å². The summed E-state index contributed by atoms with van der Waals surface area (Å²) in [4.78, 5) is 24.7. The summed E-state index contributed by atoms with van der Waals surface area (Å²) in [7, 11) is 1.59. The summed E-state index contributed by atoms with van der Waals surface area (Å²) in [6, 6.07) is 5.93. The van der Waals surface area contributed by atoms with Gasteiger partial charge in [0, 0.05) is 12.7 Å². The lowest BCUT2D eigenvalue weighted by atomic mass is 10.0. The maximum atomic E-state index is 11.9. The number of esters is 1. The molecule has 1 aromatic rings. The van der Waals surface area contributed by atoms with Crippen molar-refractivity contribution in [1.82, 2.24) is 0 Å². The molecular weight excluding hydrogens is 242 g/mol. The lowest BCUT2D eigenvalue weighted by Gasteiger charge is -2.20. The van der Waals surface area contributed by atoms with Crippen LogP contribution < -0.4 is 4.90 Å². The largest absolute Gasteiger partial charge is 0.459 e. The Morgan fingerprint density at radius 1 is 1.32 bits per heavy atom. The molecule has 0 aliphatic heterocycles. The Bertz CT molecular complexity index is 480. The molecule has 1 amide bonds. The number of amides is 1. The van der Waals surface area contributed by atoms with E-state index >= 15 is 0 Å². The second kappa shape index (κ2) is 6.36. The van der Waals surface area contributed by atoms with Crippen molar-refractivity contribution in [2.45, 2.75) is 33.6 Å². The van der Waals surface area contributed by atoms with E-state index in [1.54, 1.807) is 14.0 Å². The average molecular weight is 263 g/mol. The van der Waals surface area contributed by atoms with Crippen molar-refractivity contribution in [3.05, 3.63) is 29.3 Å². The molecule has 0 saturated carbocycles. The summed E-state index contributed by atoms with van der Waals surface area (Å²) in [5, 5.41) is 0. The van der Waals surface area contributed by atoms with Gasteiger partial charge in [-0.2, -0.15) is 0 Å². The molecule has 4 nitrogen and oxygen atoms in total. The minimum absolute atomic E-state index is 0.198. The van der Waals surface area contributed by atoms with Crippen LogP contribution in [0.5, 0.6) is 0 Å². The Morgan fingerprint density at radius 2 is 1.95 bits per heavy atom. The van der Waals surface area contributed by atoms with Crippen molar-refractivity contribution >= 4 is 17.6 Å². The number of carbonyl (C=O) groups is 2. The number of nitrogens with zero attached hydrogens (tertiary/aromatic N) is 1. The van der Waals surface area contributed by atoms with E-state index in [2.05, 4.69) is 13.8 Å². The van der Waals surface area contributed by atoms with Crippen molar-refractivity contribution in [2.24, 2.45) is 0 Å². The van der Waals surface area contributed by atoms with Crippen molar-refractivity contribution < 1.29 is 14.3 Å². The monoisotopic (exact) mass is 263 g/mol. The van der Waals surface area contributed by atoms with E-state index in [1.165, 1.54) is 4.90 Å². The molecule has 0 aromatic heterocycles. The molecule has 0 N–H and O–H groups in total. The van der Waals surface area contributed by atoms with Crippen LogP contribution in [0.2, 0.25) is 0 Å². The molecule has 0 aliphatic rings. The fourth-order valence-electron chi connectivity index (χ4n) is 1.79. The molecule has 0 bridgehead atoms. The van der Waals surface area contributed by atoms with Gasteiger partial charge in [-0.15, -0.1) is 0 Å². The topological polar surface area (TPSA) is 46.6 Å². The van der Waals surface area contributed by atoms with Crippen LogP contribution >= 0.6 is 0 Å². The second-order valence-electron chi connectivity index (χ2n) is 4.79. The quantitative estimate of drug-likeness (QED) is 0.622. The van der Waals surface area contributed by atoms with Gasteiger partial charge < -0.3 is 9.64 Å². The van der Waals surface area contributed by atoms with Crippen molar-refractivity contribution in [3.63, 3.8) is 0 Å². The zero-order valence-corrected chi connectivity index (χ0v) is 12.2. The van der Waals surface area contributed by atoms with Crippen LogP contribution in [0.3, 0.4) is 0 Å². The smallest absolute Gasteiger partial charge is 0.397 e. The maximum absolute atomic E-state index is 11.9. The van der Waals surface area contributed by atoms with Gasteiger partial charge in [-0.25, -0.2) is 4.79 Å². The second-order valence-corrected chi connectivity index (χ2v) is 4.79. The number of rotatable bonds is 3. The first-order valence-electron chi connectivity index (χ1n) is 6.43. The van der Waals surface area contributed by atoms with Gasteiger partial charge in [0.05, 0.1) is 6.61 Å². The van der Waals surface area contributed by atoms with E-state index in [0.717, 1.165) is 16.8 Å². The third-order valence-corrected chi connectivity index (χ3v) is 3.02. The van der Waals surface area contributed by atoms with Crippen LogP contribution in [0.1, 0.15) is 37.8 Å². The Kier molecular flexibility index (Phi) is 5.10. The minimum atomic E-state index is -0.820. The SMILES string of the molecule is CCOC(=O)C(=O)N(C)c1cc(C(C)C)ccc1C. The zero-order valence-electron chi connectivity index (χ0n) is 12.2. The number of anilines is 1. The first kappa shape index (κ1) is 15.2. The number of hydrogen-bond acceptors (Lipinski definition) is 3. The van der Waals surface area contributed by atoms with Gasteiger partial charge in [0.25, 0.3) is 0 Å². The molecule has 1 aromatic carbocycles. The molecule has 0 radical (unpaired) electrons. The Morgan fingerprint density at radius 3 is 2.47 bits per heavy atom. The Hall–Kier alpha value is -1.84. The highest BCUT2D eigenvalue weighted by molar-refractivity contribution is 6.38. The van der Waals surface area contributed by atoms with Crippen molar-refractivity contribution in [3.8, 4) is 0 Å². The fraction of sp³-hybridized carbons (Fsp3) is 0.467. The Balaban J connectivity index is 3.04. The predicted octanol–water partition coefficient (Wildman–Crippen LogP) is 2.64. The molecule has 0 heterocycles. The van der Waals surface area contributed by atoms with Gasteiger partial charge in [0.15, 0.2) is 0 Å². The van der Waals surface area contributed by atoms with Gasteiger partial charge in [-0.3, -0.25) is 4.79 Å². The molecule has 0 atom stereocenters. The lowest BCUT2D eigenvalue weighted by molar-refractivity contribution is -0.153. The maximum Gasteiger partial charge on any atom is 0.397 e. The van der Waals surface area contributed by atoms with Gasteiger partial charge in [0.1, 0.15) is 0 Å². The zero-order chi connectivity index (χ0) is 14.6. The van der Waals surface area contributed by atoms with Crippen molar-refractivity contribution in [2.75, 3.05) is 18.6 Å². The number of ether oxygens (including phenoxy) is 1. The molecule has 0 saturated heterocycles. The third kappa shape index (κ3) is 3.56. The van der Waals surface area contributed by atoms with Gasteiger partial charge in [-0.05, 0) is 37.0 Å². The predicted molar refractivity (Wildman–Crippen MR) is 75.3 cm³/mol. The highest BCUT2D eigenvalue weighted by atomic mass is 16.5. The summed E-state index contributed by atoms with van der Waals surface area (Å²) < 4.78 is 4.73. The van der Waals surface area contributed by atoms with Gasteiger partial charge in [-0.1, -0.05) is 26.0 Å². The van der Waals surface area contributed by atoms with Gasteiger partial charge in [0.2, 0.25) is 0 Å². The van der Waals surface area contributed by atoms with Crippen LogP contribution in [-0.2, 0) is 14.3 Å². The van der Waals surface area contributed by atoms with Crippen molar-refractivity contribution in [1.29, 1.82) is 0 Å². The molecule has 0 aliphatic carbocycles. The van der Waals surface area contributed by atoms with E-state index in [4.69, 9.17) is 4.74 Å². The summed E-state index contributed by atoms with van der Waals surface area (Å²) in [5.41, 5.74) is 2.82. The highest BCUT2D eigenvalue weighted by Crippen LogP contribution is 2.25. The van der Waals surface area contributed by atoms with Crippen LogP contribution in [0.15, 0.2) is 18.2 Å². The van der Waals surface area contributed by atoms with E-state index in [9.17, 15) is 9.59 Å². The summed E-state index contributed by atoms with van der Waals surface area (Å²) in [5.74, 6) is -1.10. The molecule has 0 fully saturated rings. The fourth-order valence-corrected chi connectivity index (χ4v) is 1.79. The number of hydrogen-bond donors (Lipinski definition) is 0. The van der Waals surface area contributed by atoms with E-state index in [0.29, 0.717) is 5.92 Å². The first-order chi connectivity index (χ1) is 8.88. The lowest BCUT2D eigenvalue weighted by Crippen LogP contribution is -2.35. The molecule has 104 valence electrons. The molecule has 1 rings (SSSR count). The standard InChI is InChI=1S/C15H21NO3/c1-6-19-15(18)14(17)16(5)13-9-12(10(2)3)8-7-11(13)4/h7-10H,6H2,1-5H3. The van der Waals surface area contributed by atoms with Gasteiger partial charge >= 0.3 is 11.9 Å². The minimum Gasteiger partial charge on any atom is -0.459 e. The molecule has 19 heavy (non-hydrogen) atoms. The highest BCUT2D eigenvalue weighted by Gasteiger charge is 2.22. The molecule has 4 heteroatoms. The number of aryl methyl sites for hydroxylation is 1. The van der Waals surface area contributed by atoms with Crippen LogP contribution in [-0.4, -0.2) is 25.5 Å². The van der Waals surface area contributed by atoms with Crippen LogP contribution in [0, 0.1) is 6.92 Å². The summed E-state index contributed by atoms with van der Waals surface area (Å²) >= 11 is 0.